The smallest absolute Gasteiger partial charge is 0.169 e. The molecule has 0 aliphatic heterocycles. The van der Waals surface area contributed by atoms with E-state index in [1.165, 1.54) is 35.2 Å². The highest BCUT2D eigenvalue weighted by atomic mass is 35.5. The van der Waals surface area contributed by atoms with Gasteiger partial charge in [0.25, 0.3) is 0 Å². The van der Waals surface area contributed by atoms with Crippen LogP contribution in [0.3, 0.4) is 0 Å². The van der Waals surface area contributed by atoms with Crippen molar-refractivity contribution in [3.63, 3.8) is 0 Å². The molecule has 0 unspecified atom stereocenters. The topological polar surface area (TPSA) is 30.0 Å². The maximum absolute atomic E-state index is 12.9. The molecule has 2 rings (SSSR count). The summed E-state index contributed by atoms with van der Waals surface area (Å²) in [4.78, 5) is 15.3. The van der Waals surface area contributed by atoms with Crippen LogP contribution in [-0.4, -0.2) is 11.3 Å². The molecule has 2 nitrogen and oxygen atoms in total. The van der Waals surface area contributed by atoms with Crippen molar-refractivity contribution in [2.75, 3.05) is 0 Å². The number of carbonyl (C=O) groups is 1. The molecule has 82 valence electrons. The second kappa shape index (κ2) is 4.95. The molecule has 0 saturated carbocycles. The Bertz CT molecular complexity index is 529. The Hall–Kier alpha value is -0.910. The summed E-state index contributed by atoms with van der Waals surface area (Å²) in [6, 6.07) is 4.45. The zero-order valence-electron chi connectivity index (χ0n) is 7.81. The molecule has 2 aromatic rings. The molecule has 0 fully saturated rings. The average Bonchev–Trinajstić information content (AvgIpc) is 2.71. The van der Waals surface area contributed by atoms with Crippen LogP contribution in [0.15, 0.2) is 32.8 Å². The number of aromatic nitrogens is 1. The largest absolute Gasteiger partial charge is 0.296 e. The van der Waals surface area contributed by atoms with Crippen molar-refractivity contribution in [1.29, 1.82) is 0 Å². The van der Waals surface area contributed by atoms with Gasteiger partial charge >= 0.3 is 0 Å². The Morgan fingerprint density at radius 2 is 2.31 bits per heavy atom. The molecule has 0 radical (unpaired) electrons. The maximum atomic E-state index is 12.9. The first-order valence-electron chi connectivity index (χ1n) is 4.22. The number of nitrogens with zero attached hydrogens (tertiary/aromatic N) is 1. The van der Waals surface area contributed by atoms with Crippen molar-refractivity contribution in [3.05, 3.63) is 40.1 Å². The molecule has 0 spiro atoms. The first-order valence-corrected chi connectivity index (χ1v) is 6.30. The van der Waals surface area contributed by atoms with Crippen LogP contribution in [-0.2, 0) is 0 Å². The Morgan fingerprint density at radius 3 is 2.94 bits per heavy atom. The van der Waals surface area contributed by atoms with Gasteiger partial charge in [-0.1, -0.05) is 23.4 Å². The minimum atomic E-state index is -0.446. The van der Waals surface area contributed by atoms with Gasteiger partial charge < -0.3 is 0 Å². The van der Waals surface area contributed by atoms with E-state index in [2.05, 4.69) is 4.98 Å². The first kappa shape index (κ1) is 11.6. The molecule has 1 aromatic heterocycles. The van der Waals surface area contributed by atoms with Gasteiger partial charge in [-0.25, -0.2) is 9.37 Å². The number of carbonyl (C=O) groups excluding carboxylic acids is 1. The van der Waals surface area contributed by atoms with Gasteiger partial charge in [0.2, 0.25) is 0 Å². The Kier molecular flexibility index (Phi) is 3.58. The molecule has 0 atom stereocenters. The number of halogens is 2. The van der Waals surface area contributed by atoms with Crippen LogP contribution in [0.5, 0.6) is 0 Å². The molecule has 0 bridgehead atoms. The number of aldehydes is 1. The summed E-state index contributed by atoms with van der Waals surface area (Å²) < 4.78 is 13.6. The quantitative estimate of drug-likeness (QED) is 0.795. The SMILES string of the molecule is O=Cc1csc(Sc2ccc(F)c(Cl)c2)n1. The minimum absolute atomic E-state index is 0.0807. The molecule has 1 aromatic carbocycles. The standard InChI is InChI=1S/C10H5ClFNOS2/c11-8-3-7(1-2-9(8)12)16-10-13-6(4-14)5-15-10/h1-5H. The molecule has 16 heavy (non-hydrogen) atoms. The Morgan fingerprint density at radius 1 is 1.50 bits per heavy atom. The van der Waals surface area contributed by atoms with Crippen molar-refractivity contribution in [2.24, 2.45) is 0 Å². The Balaban J connectivity index is 2.20. The van der Waals surface area contributed by atoms with E-state index in [0.717, 1.165) is 9.24 Å². The van der Waals surface area contributed by atoms with Gasteiger partial charge in [0.15, 0.2) is 10.6 Å². The van der Waals surface area contributed by atoms with E-state index in [4.69, 9.17) is 11.6 Å². The van der Waals surface area contributed by atoms with Crippen LogP contribution in [0, 0.1) is 5.82 Å². The van der Waals surface area contributed by atoms with Gasteiger partial charge in [0.05, 0.1) is 5.02 Å². The summed E-state index contributed by atoms with van der Waals surface area (Å²) in [7, 11) is 0. The number of rotatable bonds is 3. The van der Waals surface area contributed by atoms with Crippen molar-refractivity contribution in [3.8, 4) is 0 Å². The fourth-order valence-corrected chi connectivity index (χ4v) is 3.04. The zero-order chi connectivity index (χ0) is 11.5. The highest BCUT2D eigenvalue weighted by molar-refractivity contribution is 8.01. The molecule has 0 aliphatic carbocycles. The number of hydrogen-bond donors (Lipinski definition) is 0. The Labute approximate surface area is 104 Å². The molecule has 1 heterocycles. The second-order valence-electron chi connectivity index (χ2n) is 2.83. The fraction of sp³-hybridized carbons (Fsp3) is 0. The highest BCUT2D eigenvalue weighted by Crippen LogP contribution is 2.32. The molecular formula is C10H5ClFNOS2. The lowest BCUT2D eigenvalue weighted by Crippen LogP contribution is -1.79. The molecule has 0 saturated heterocycles. The van der Waals surface area contributed by atoms with E-state index < -0.39 is 5.82 Å². The van der Waals surface area contributed by atoms with Gasteiger partial charge in [-0.3, -0.25) is 4.79 Å². The first-order chi connectivity index (χ1) is 7.69. The number of benzene rings is 1. The van der Waals surface area contributed by atoms with Crippen LogP contribution in [0.4, 0.5) is 4.39 Å². The molecule has 0 N–H and O–H groups in total. The van der Waals surface area contributed by atoms with Gasteiger partial charge in [0.1, 0.15) is 11.5 Å². The van der Waals surface area contributed by atoms with Crippen molar-refractivity contribution in [1.82, 2.24) is 4.98 Å². The van der Waals surface area contributed by atoms with Crippen LogP contribution in [0.2, 0.25) is 5.02 Å². The number of thiazole rings is 1. The van der Waals surface area contributed by atoms with Gasteiger partial charge in [-0.15, -0.1) is 11.3 Å². The van der Waals surface area contributed by atoms with Crippen molar-refractivity contribution < 1.29 is 9.18 Å². The van der Waals surface area contributed by atoms with E-state index in [0.29, 0.717) is 12.0 Å². The third kappa shape index (κ3) is 2.61. The van der Waals surface area contributed by atoms with Crippen molar-refractivity contribution in [2.45, 2.75) is 9.24 Å². The molecule has 0 amide bonds. The van der Waals surface area contributed by atoms with Crippen LogP contribution < -0.4 is 0 Å². The predicted octanol–water partition coefficient (Wildman–Crippen LogP) is 3.90. The van der Waals surface area contributed by atoms with Crippen LogP contribution in [0.1, 0.15) is 10.5 Å². The lowest BCUT2D eigenvalue weighted by molar-refractivity contribution is 0.111. The summed E-state index contributed by atoms with van der Waals surface area (Å²) in [5.74, 6) is -0.446. The summed E-state index contributed by atoms with van der Waals surface area (Å²) in [6.45, 7) is 0. The maximum Gasteiger partial charge on any atom is 0.169 e. The third-order valence-corrected chi connectivity index (χ3v) is 3.95. The van der Waals surface area contributed by atoms with E-state index in [-0.39, 0.29) is 5.02 Å². The fourth-order valence-electron chi connectivity index (χ4n) is 1.01. The lowest BCUT2D eigenvalue weighted by Gasteiger charge is -1.98. The van der Waals surface area contributed by atoms with E-state index >= 15 is 0 Å². The van der Waals surface area contributed by atoms with E-state index in [1.54, 1.807) is 11.4 Å². The second-order valence-corrected chi connectivity index (χ2v) is 5.42. The lowest BCUT2D eigenvalue weighted by atomic mass is 10.3. The summed E-state index contributed by atoms with van der Waals surface area (Å²) in [6.07, 6.45) is 0.693. The van der Waals surface area contributed by atoms with Gasteiger partial charge in [-0.05, 0) is 18.2 Å². The number of hydrogen-bond acceptors (Lipinski definition) is 4. The molecular weight excluding hydrogens is 269 g/mol. The van der Waals surface area contributed by atoms with E-state index in [1.807, 2.05) is 0 Å². The average molecular weight is 274 g/mol. The van der Waals surface area contributed by atoms with Crippen LogP contribution >= 0.6 is 34.7 Å². The molecule has 0 aliphatic rings. The van der Waals surface area contributed by atoms with Crippen LogP contribution in [0.25, 0.3) is 0 Å². The zero-order valence-corrected chi connectivity index (χ0v) is 10.2. The normalized spacial score (nSPS) is 10.4. The van der Waals surface area contributed by atoms with E-state index in [9.17, 15) is 9.18 Å². The van der Waals surface area contributed by atoms with Gasteiger partial charge in [0, 0.05) is 10.3 Å². The third-order valence-electron chi connectivity index (χ3n) is 1.72. The monoisotopic (exact) mass is 273 g/mol. The van der Waals surface area contributed by atoms with Crippen molar-refractivity contribution >= 4 is 41.0 Å². The minimum Gasteiger partial charge on any atom is -0.296 e. The predicted molar refractivity (Wildman–Crippen MR) is 63.0 cm³/mol. The summed E-state index contributed by atoms with van der Waals surface area (Å²) >= 11 is 8.36. The summed E-state index contributed by atoms with van der Waals surface area (Å²) in [5, 5.41) is 1.75. The summed E-state index contributed by atoms with van der Waals surface area (Å²) in [5.41, 5.74) is 0.403. The van der Waals surface area contributed by atoms with Gasteiger partial charge in [-0.2, -0.15) is 0 Å². The molecule has 6 heteroatoms. The highest BCUT2D eigenvalue weighted by Gasteiger charge is 2.06.